The number of para-hydroxylation sites is 2. The lowest BCUT2D eigenvalue weighted by atomic mass is 9.64. The van der Waals surface area contributed by atoms with Gasteiger partial charge in [-0.05, 0) is 119 Å². The zero-order valence-electron chi connectivity index (χ0n) is 39.7. The molecule has 4 fully saturated rings. The smallest absolute Gasteiger partial charge is 0.147 e. The molecule has 10 rings (SSSR count). The second-order valence-corrected chi connectivity index (χ2v) is 24.5. The van der Waals surface area contributed by atoms with Gasteiger partial charge in [-0.15, -0.1) is 0 Å². The van der Waals surface area contributed by atoms with Gasteiger partial charge in [-0.25, -0.2) is 13.2 Å². The number of nitrogens with one attached hydrogen (secondary N) is 1. The number of carbonyl (C=O) groups is 2. The molecule has 2 unspecified atom stereocenters. The van der Waals surface area contributed by atoms with Crippen LogP contribution in [-0.2, 0) is 52.7 Å². The minimum atomic E-state index is -2.77. The topological polar surface area (TPSA) is 148 Å². The first-order chi connectivity index (χ1) is 32.0. The molecule has 0 amide bonds. The minimum Gasteiger partial charge on any atom is -0.495 e. The van der Waals surface area contributed by atoms with Crippen LogP contribution in [0, 0.1) is 4.78 Å². The van der Waals surface area contributed by atoms with E-state index in [4.69, 9.17) is 28.1 Å². The van der Waals surface area contributed by atoms with Crippen LogP contribution >= 0.6 is 15.9 Å². The van der Waals surface area contributed by atoms with Crippen molar-refractivity contribution in [2.45, 2.75) is 110 Å². The maximum atomic E-state index is 13.7. The maximum Gasteiger partial charge on any atom is 0.147 e. The number of rotatable bonds is 9. The first kappa shape index (κ1) is 49.2. The minimum absolute atomic E-state index is 0.119. The Hall–Kier alpha value is -4.28. The number of hydrogen-bond acceptors (Lipinski definition) is 12. The van der Waals surface area contributed by atoms with E-state index in [0.29, 0.717) is 45.6 Å². The Balaban J connectivity index is 0.000000153. The van der Waals surface area contributed by atoms with Crippen molar-refractivity contribution in [3.8, 4) is 23.0 Å². The highest BCUT2D eigenvalue weighted by Crippen LogP contribution is 2.55. The second kappa shape index (κ2) is 20.0. The van der Waals surface area contributed by atoms with Crippen molar-refractivity contribution in [2.75, 3.05) is 67.0 Å². The number of hydrogen-bond donors (Lipinski definition) is 1. The lowest BCUT2D eigenvalue weighted by molar-refractivity contribution is -0.126. The number of ether oxygens (including phenoxy) is 4. The highest BCUT2D eigenvalue weighted by Gasteiger charge is 2.52. The molecule has 4 aliphatic carbocycles. The molecule has 1 N–H and O–H groups in total. The predicted molar refractivity (Wildman–Crippen MR) is 267 cm³/mol. The Morgan fingerprint density at radius 3 is 1.51 bits per heavy atom. The van der Waals surface area contributed by atoms with Gasteiger partial charge in [0.15, 0.2) is 0 Å². The molecular formula is C52H65BrN4O8S2. The summed E-state index contributed by atoms with van der Waals surface area (Å²) in [5.74, 6) is 3.45. The molecule has 0 aromatic heterocycles. The Kier molecular flexibility index (Phi) is 14.7. The zero-order chi connectivity index (χ0) is 47.7. The number of likely N-dealkylation sites (tertiary alicyclic amines) is 2. The van der Waals surface area contributed by atoms with Crippen molar-refractivity contribution in [3.63, 3.8) is 0 Å². The Morgan fingerprint density at radius 1 is 0.642 bits per heavy atom. The number of halogens is 1. The Labute approximate surface area is 405 Å². The third-order valence-electron chi connectivity index (χ3n) is 14.7. The van der Waals surface area contributed by atoms with Gasteiger partial charge in [0.05, 0.1) is 60.0 Å². The van der Waals surface area contributed by atoms with Crippen LogP contribution in [0.4, 0.5) is 5.69 Å². The SMILES string of the molecule is CN1CCC(Oc2cc(Br)cc3c2CC(=O)C32CCC2)CC1.COc1ccccc1S(C)(=N)=O.COc1ccccc1S(C)(=O)=Nc1cc(OC2CCN(C)CC2)c2c(c1)C1(CCC1)C(=O)C2. The fourth-order valence-electron chi connectivity index (χ4n) is 10.5. The number of methoxy groups -OCH3 is 2. The summed E-state index contributed by atoms with van der Waals surface area (Å²) in [6, 6.07) is 22.3. The molecule has 2 saturated heterocycles. The average Bonchev–Trinajstić information content (AvgIpc) is 3.75. The van der Waals surface area contributed by atoms with Gasteiger partial charge in [0, 0.05) is 73.2 Å². The van der Waals surface area contributed by atoms with Crippen LogP contribution in [0.15, 0.2) is 91.4 Å². The van der Waals surface area contributed by atoms with Crippen molar-refractivity contribution in [1.29, 1.82) is 4.78 Å². The molecule has 2 saturated carbocycles. The lowest BCUT2D eigenvalue weighted by Gasteiger charge is -2.37. The molecule has 12 nitrogen and oxygen atoms in total. The molecular weight excluding hydrogens is 953 g/mol. The number of benzene rings is 4. The standard InChI is InChI=1S/C26H32N2O4S.C18H22BrNO2.C8H11NO2S/c1-28-13-9-19(10-14-28)32-23-16-18(15-21-20(23)17-25(29)26(21)11-6-12-26)27-33(3,30)24-8-5-4-7-22(24)31-2;1-20-7-3-13(4-8-20)22-16-10-12(19)9-15-14(16)11-17(21)18(15)5-2-6-18;1-11-7-5-3-4-6-8(7)12(2,9)10/h4-5,7-8,15-16,19H,6,9-14,17H2,1-3H3;9-10,13H,2-8,11H2,1H3;3-6,9H,1-2H3. The summed E-state index contributed by atoms with van der Waals surface area (Å²) in [4.78, 5) is 31.3. The van der Waals surface area contributed by atoms with Crippen molar-refractivity contribution >= 4 is 52.6 Å². The highest BCUT2D eigenvalue weighted by atomic mass is 79.9. The van der Waals surface area contributed by atoms with E-state index in [1.165, 1.54) is 25.3 Å². The number of fused-ring (bicyclic) bond motifs is 4. The normalized spacial score (nSPS) is 21.5. The maximum absolute atomic E-state index is 13.7. The van der Waals surface area contributed by atoms with Crippen LogP contribution in [0.3, 0.4) is 0 Å². The Bertz CT molecular complexity index is 2750. The molecule has 2 spiro atoms. The van der Waals surface area contributed by atoms with E-state index in [1.807, 2.05) is 24.3 Å². The number of carbonyl (C=O) groups excluding carboxylic acids is 2. The van der Waals surface area contributed by atoms with E-state index in [1.54, 1.807) is 49.8 Å². The first-order valence-corrected chi connectivity index (χ1v) is 28.1. The highest BCUT2D eigenvalue weighted by molar-refractivity contribution is 9.10. The molecule has 15 heteroatoms. The number of piperidine rings is 2. The summed E-state index contributed by atoms with van der Waals surface area (Å²) in [6.07, 6.45) is 14.5. The molecule has 0 bridgehead atoms. The summed E-state index contributed by atoms with van der Waals surface area (Å²) in [5, 5.41) is 0. The second-order valence-electron chi connectivity index (χ2n) is 19.3. The van der Waals surface area contributed by atoms with Gasteiger partial charge in [0.1, 0.15) is 46.8 Å². The third-order valence-corrected chi connectivity index (χ3v) is 18.1. The van der Waals surface area contributed by atoms with Crippen molar-refractivity contribution in [2.24, 2.45) is 4.36 Å². The van der Waals surface area contributed by atoms with Gasteiger partial charge in [-0.3, -0.25) is 9.59 Å². The van der Waals surface area contributed by atoms with Crippen LogP contribution < -0.4 is 18.9 Å². The summed E-state index contributed by atoms with van der Waals surface area (Å²) >= 11 is 3.62. The number of ketones is 2. The Morgan fingerprint density at radius 2 is 1.07 bits per heavy atom. The van der Waals surface area contributed by atoms with Crippen LogP contribution in [0.25, 0.3) is 0 Å². The van der Waals surface area contributed by atoms with E-state index in [2.05, 4.69) is 52.0 Å². The van der Waals surface area contributed by atoms with Gasteiger partial charge in [-0.1, -0.05) is 53.0 Å². The monoisotopic (exact) mass is 1020 g/mol. The van der Waals surface area contributed by atoms with Crippen LogP contribution in [0.1, 0.15) is 86.5 Å². The molecule has 2 atom stereocenters. The van der Waals surface area contributed by atoms with E-state index < -0.39 is 24.9 Å². The van der Waals surface area contributed by atoms with Gasteiger partial charge in [0.2, 0.25) is 0 Å². The van der Waals surface area contributed by atoms with Gasteiger partial charge < -0.3 is 28.7 Å². The van der Waals surface area contributed by atoms with Crippen LogP contribution in [0.2, 0.25) is 0 Å². The predicted octanol–water partition coefficient (Wildman–Crippen LogP) is 9.70. The summed E-state index contributed by atoms with van der Waals surface area (Å²) < 4.78 is 61.4. The van der Waals surface area contributed by atoms with E-state index in [-0.39, 0.29) is 23.4 Å². The third kappa shape index (κ3) is 10.2. The van der Waals surface area contributed by atoms with Crippen molar-refractivity contribution < 1.29 is 37.0 Å². The molecule has 360 valence electrons. The summed E-state index contributed by atoms with van der Waals surface area (Å²) in [7, 11) is 1.92. The fraction of sp³-hybridized carbons (Fsp3) is 0.500. The molecule has 4 aromatic rings. The van der Waals surface area contributed by atoms with E-state index in [0.717, 1.165) is 117 Å². The molecule has 2 aliphatic heterocycles. The summed E-state index contributed by atoms with van der Waals surface area (Å²) in [6.45, 7) is 4.17. The average molecular weight is 1020 g/mol. The molecule has 6 aliphatic rings. The van der Waals surface area contributed by atoms with Gasteiger partial charge in [0.25, 0.3) is 0 Å². The van der Waals surface area contributed by atoms with Gasteiger partial charge in [-0.2, -0.15) is 4.36 Å². The first-order valence-electron chi connectivity index (χ1n) is 23.5. The van der Waals surface area contributed by atoms with E-state index in [9.17, 15) is 18.0 Å². The summed E-state index contributed by atoms with van der Waals surface area (Å²) in [5.41, 5.74) is 4.48. The lowest BCUT2D eigenvalue weighted by Crippen LogP contribution is -2.39. The zero-order valence-corrected chi connectivity index (χ0v) is 42.9. The van der Waals surface area contributed by atoms with Gasteiger partial charge >= 0.3 is 0 Å². The fourth-order valence-corrected chi connectivity index (χ4v) is 13.3. The van der Waals surface area contributed by atoms with E-state index >= 15 is 0 Å². The van der Waals surface area contributed by atoms with Crippen LogP contribution in [0.5, 0.6) is 23.0 Å². The molecule has 0 radical (unpaired) electrons. The number of nitrogens with zero attached hydrogens (tertiary/aromatic N) is 3. The van der Waals surface area contributed by atoms with Crippen LogP contribution in [-0.4, -0.2) is 109 Å². The number of Topliss-reactive ketones (excluding diaryl/α,β-unsaturated/α-hetero) is 2. The quantitative estimate of drug-likeness (QED) is 0.172. The molecule has 4 aromatic carbocycles. The molecule has 2 heterocycles. The molecule has 67 heavy (non-hydrogen) atoms. The van der Waals surface area contributed by atoms with Crippen molar-refractivity contribution in [1.82, 2.24) is 9.80 Å². The largest absolute Gasteiger partial charge is 0.495 e. The van der Waals surface area contributed by atoms with Crippen molar-refractivity contribution in [3.05, 3.63) is 99.5 Å².